The topological polar surface area (TPSA) is 76.5 Å². The molecule has 0 spiro atoms. The van der Waals surface area contributed by atoms with Crippen LogP contribution >= 0.6 is 11.5 Å². The molecule has 0 atom stereocenters. The Bertz CT molecular complexity index is 610. The van der Waals surface area contributed by atoms with Crippen LogP contribution in [0.3, 0.4) is 0 Å². The normalized spacial score (nSPS) is 11.2. The Morgan fingerprint density at radius 2 is 2.15 bits per heavy atom. The minimum Gasteiger partial charge on any atom is -0.461 e. The summed E-state index contributed by atoms with van der Waals surface area (Å²) in [5.74, 6) is -0.503. The number of esters is 1. The van der Waals surface area contributed by atoms with Crippen LogP contribution in [-0.2, 0) is 4.74 Å². The second-order valence-corrected chi connectivity index (χ2v) is 4.60. The van der Waals surface area contributed by atoms with E-state index in [1.807, 2.05) is 37.3 Å². The summed E-state index contributed by atoms with van der Waals surface area (Å²) < 4.78 is 8.63. The summed E-state index contributed by atoms with van der Waals surface area (Å²) in [6.45, 7) is 3.91. The summed E-state index contributed by atoms with van der Waals surface area (Å²) in [5, 5.41) is 8.45. The van der Waals surface area contributed by atoms with E-state index >= 15 is 0 Å². The minimum absolute atomic E-state index is 0.154. The zero-order chi connectivity index (χ0) is 14.4. The third kappa shape index (κ3) is 3.39. The van der Waals surface area contributed by atoms with Crippen molar-refractivity contribution in [3.05, 3.63) is 41.6 Å². The van der Waals surface area contributed by atoms with Gasteiger partial charge in [0.15, 0.2) is 5.00 Å². The van der Waals surface area contributed by atoms with Crippen LogP contribution in [0, 0.1) is 0 Å². The van der Waals surface area contributed by atoms with E-state index < -0.39 is 5.97 Å². The Morgan fingerprint density at radius 1 is 1.40 bits per heavy atom. The Kier molecular flexibility index (Phi) is 4.78. The van der Waals surface area contributed by atoms with Gasteiger partial charge in [0, 0.05) is 11.5 Å². The molecule has 0 fully saturated rings. The molecule has 0 aliphatic heterocycles. The number of benzene rings is 1. The fraction of sp³-hybridized carbons (Fsp3) is 0.231. The summed E-state index contributed by atoms with van der Waals surface area (Å²) >= 11 is 1.06. The average molecular weight is 290 g/mol. The molecule has 20 heavy (non-hydrogen) atoms. The van der Waals surface area contributed by atoms with Gasteiger partial charge in [-0.05, 0) is 19.4 Å². The third-order valence-electron chi connectivity index (χ3n) is 2.47. The first-order valence-electron chi connectivity index (χ1n) is 6.07. The highest BCUT2D eigenvalue weighted by atomic mass is 32.1. The van der Waals surface area contributed by atoms with Gasteiger partial charge in [-0.3, -0.25) is 5.43 Å². The van der Waals surface area contributed by atoms with E-state index in [2.05, 4.69) is 20.1 Å². The number of carbonyl (C=O) groups is 1. The van der Waals surface area contributed by atoms with Gasteiger partial charge in [-0.25, -0.2) is 4.79 Å². The van der Waals surface area contributed by atoms with Crippen molar-refractivity contribution in [3.63, 3.8) is 0 Å². The fourth-order valence-electron chi connectivity index (χ4n) is 1.48. The fourth-order valence-corrected chi connectivity index (χ4v) is 1.98. The van der Waals surface area contributed by atoms with Gasteiger partial charge in [0.1, 0.15) is 0 Å². The molecular weight excluding hydrogens is 276 g/mol. The van der Waals surface area contributed by atoms with Crippen LogP contribution in [0.4, 0.5) is 5.00 Å². The van der Waals surface area contributed by atoms with Crippen LogP contribution in [0.25, 0.3) is 0 Å². The predicted octanol–water partition coefficient (Wildman–Crippen LogP) is 2.55. The largest absolute Gasteiger partial charge is 0.461 e. The quantitative estimate of drug-likeness (QED) is 0.520. The van der Waals surface area contributed by atoms with E-state index in [9.17, 15) is 4.79 Å². The lowest BCUT2D eigenvalue weighted by atomic mass is 10.1. The van der Waals surface area contributed by atoms with E-state index in [-0.39, 0.29) is 5.69 Å². The minimum atomic E-state index is -0.503. The Labute approximate surface area is 120 Å². The lowest BCUT2D eigenvalue weighted by molar-refractivity contribution is 0.0520. The van der Waals surface area contributed by atoms with Gasteiger partial charge in [0.05, 0.1) is 12.3 Å². The number of hydrogen-bond donors (Lipinski definition) is 1. The van der Waals surface area contributed by atoms with Crippen molar-refractivity contribution >= 4 is 28.2 Å². The molecule has 0 saturated heterocycles. The lowest BCUT2D eigenvalue weighted by Crippen LogP contribution is -2.08. The number of hydrogen-bond acceptors (Lipinski definition) is 7. The van der Waals surface area contributed by atoms with Crippen LogP contribution in [0.2, 0.25) is 0 Å². The number of nitrogens with zero attached hydrogens (tertiary/aromatic N) is 3. The van der Waals surface area contributed by atoms with Gasteiger partial charge in [-0.15, -0.1) is 5.10 Å². The third-order valence-corrected chi connectivity index (χ3v) is 3.10. The van der Waals surface area contributed by atoms with Gasteiger partial charge in [-0.1, -0.05) is 34.8 Å². The van der Waals surface area contributed by atoms with E-state index in [1.165, 1.54) is 0 Å². The summed E-state index contributed by atoms with van der Waals surface area (Å²) in [7, 11) is 0. The van der Waals surface area contributed by atoms with E-state index in [0.717, 1.165) is 22.8 Å². The van der Waals surface area contributed by atoms with Crippen molar-refractivity contribution in [1.82, 2.24) is 9.59 Å². The summed E-state index contributed by atoms with van der Waals surface area (Å²) in [4.78, 5) is 11.6. The van der Waals surface area contributed by atoms with E-state index in [1.54, 1.807) is 6.92 Å². The molecule has 0 aliphatic rings. The van der Waals surface area contributed by atoms with E-state index in [4.69, 9.17) is 4.74 Å². The molecule has 2 aromatic rings. The van der Waals surface area contributed by atoms with Crippen molar-refractivity contribution in [1.29, 1.82) is 0 Å². The number of anilines is 1. The first kappa shape index (κ1) is 14.1. The van der Waals surface area contributed by atoms with E-state index in [0.29, 0.717) is 11.6 Å². The maximum atomic E-state index is 11.6. The molecule has 2 rings (SSSR count). The molecule has 104 valence electrons. The molecule has 0 saturated carbocycles. The Balaban J connectivity index is 2.12. The van der Waals surface area contributed by atoms with Crippen LogP contribution in [0.15, 0.2) is 35.4 Å². The van der Waals surface area contributed by atoms with Gasteiger partial charge in [0.2, 0.25) is 5.69 Å². The van der Waals surface area contributed by atoms with Crippen LogP contribution in [-0.4, -0.2) is 27.9 Å². The maximum Gasteiger partial charge on any atom is 0.362 e. The summed E-state index contributed by atoms with van der Waals surface area (Å²) in [6.07, 6.45) is 0. The molecule has 0 bridgehead atoms. The number of aromatic nitrogens is 2. The number of ether oxygens (including phenoxy) is 1. The highest BCUT2D eigenvalue weighted by Gasteiger charge is 2.17. The lowest BCUT2D eigenvalue weighted by Gasteiger charge is -2.03. The number of hydrazone groups is 1. The number of carbonyl (C=O) groups excluding carboxylic acids is 1. The smallest absolute Gasteiger partial charge is 0.362 e. The van der Waals surface area contributed by atoms with Gasteiger partial charge in [0.25, 0.3) is 0 Å². The van der Waals surface area contributed by atoms with Gasteiger partial charge >= 0.3 is 5.97 Å². The first-order chi connectivity index (χ1) is 9.72. The highest BCUT2D eigenvalue weighted by molar-refractivity contribution is 7.10. The van der Waals surface area contributed by atoms with Crippen LogP contribution in [0.5, 0.6) is 0 Å². The molecule has 0 aliphatic carbocycles. The SMILES string of the molecule is CCOC(=O)c1nnsc1N/N=C(\C)c1ccccc1. The van der Waals surface area contributed by atoms with Crippen LogP contribution < -0.4 is 5.43 Å². The van der Waals surface area contributed by atoms with Crippen molar-refractivity contribution in [3.8, 4) is 0 Å². The molecule has 7 heteroatoms. The van der Waals surface area contributed by atoms with Crippen molar-refractivity contribution in [2.45, 2.75) is 13.8 Å². The molecule has 1 heterocycles. The Hall–Kier alpha value is -2.28. The molecule has 1 aromatic heterocycles. The zero-order valence-corrected chi connectivity index (χ0v) is 12.0. The van der Waals surface area contributed by atoms with Gasteiger partial charge < -0.3 is 4.74 Å². The van der Waals surface area contributed by atoms with Crippen molar-refractivity contribution in [2.24, 2.45) is 5.10 Å². The van der Waals surface area contributed by atoms with Crippen molar-refractivity contribution < 1.29 is 9.53 Å². The standard InChI is InChI=1S/C13H14N4O2S/c1-3-19-13(18)11-12(20-17-15-11)16-14-9(2)10-7-5-4-6-8-10/h4-8,16H,3H2,1-2H3/b14-9+. The predicted molar refractivity (Wildman–Crippen MR) is 78.1 cm³/mol. The molecule has 1 N–H and O–H groups in total. The van der Waals surface area contributed by atoms with Gasteiger partial charge in [-0.2, -0.15) is 5.10 Å². The molecule has 0 amide bonds. The maximum absolute atomic E-state index is 11.6. The molecular formula is C13H14N4O2S. The van der Waals surface area contributed by atoms with Crippen LogP contribution in [0.1, 0.15) is 29.9 Å². The summed E-state index contributed by atoms with van der Waals surface area (Å²) in [5.41, 5.74) is 4.76. The zero-order valence-electron chi connectivity index (χ0n) is 11.2. The Morgan fingerprint density at radius 3 is 2.85 bits per heavy atom. The summed E-state index contributed by atoms with van der Waals surface area (Å²) in [6, 6.07) is 9.73. The molecule has 1 aromatic carbocycles. The number of rotatable bonds is 5. The first-order valence-corrected chi connectivity index (χ1v) is 6.85. The second-order valence-electron chi connectivity index (χ2n) is 3.85. The molecule has 0 unspecified atom stereocenters. The second kappa shape index (κ2) is 6.76. The number of nitrogens with one attached hydrogen (secondary N) is 1. The molecule has 0 radical (unpaired) electrons. The average Bonchev–Trinajstić information content (AvgIpc) is 2.94. The monoisotopic (exact) mass is 290 g/mol. The molecule has 6 nitrogen and oxygen atoms in total. The van der Waals surface area contributed by atoms with Crippen molar-refractivity contribution in [2.75, 3.05) is 12.0 Å². The highest BCUT2D eigenvalue weighted by Crippen LogP contribution is 2.18.